The largest absolute Gasteiger partial charge is 0.491 e. The van der Waals surface area contributed by atoms with E-state index in [2.05, 4.69) is 27.4 Å². The van der Waals surface area contributed by atoms with Crippen molar-refractivity contribution in [3.8, 4) is 5.75 Å². The van der Waals surface area contributed by atoms with Gasteiger partial charge in [0.1, 0.15) is 18.7 Å². The molecule has 1 aromatic carbocycles. The maximum absolute atomic E-state index is 13.2. The number of ether oxygens (including phenoxy) is 1. The topological polar surface area (TPSA) is 84.4 Å². The van der Waals surface area contributed by atoms with Crippen molar-refractivity contribution in [3.05, 3.63) is 53.6 Å². The van der Waals surface area contributed by atoms with Crippen molar-refractivity contribution in [2.45, 2.75) is 51.9 Å². The van der Waals surface area contributed by atoms with Crippen LogP contribution in [0.5, 0.6) is 5.75 Å². The van der Waals surface area contributed by atoms with Crippen LogP contribution in [-0.4, -0.2) is 52.9 Å². The summed E-state index contributed by atoms with van der Waals surface area (Å²) in [4.78, 5) is 36.2. The number of hydrogen-bond donors (Lipinski definition) is 1. The number of nitrogens with one attached hydrogen (secondary N) is 1. The lowest BCUT2D eigenvalue weighted by Crippen LogP contribution is -2.50. The van der Waals surface area contributed by atoms with Crippen molar-refractivity contribution in [2.75, 3.05) is 26.2 Å². The molecular formula is C25H32N4O3. The summed E-state index contributed by atoms with van der Waals surface area (Å²) in [5, 5.41) is 3.11. The molecule has 1 fully saturated rings. The fraction of sp³-hybridized carbons (Fsp3) is 0.520. The van der Waals surface area contributed by atoms with Gasteiger partial charge in [-0.1, -0.05) is 31.0 Å². The van der Waals surface area contributed by atoms with Gasteiger partial charge in [0.15, 0.2) is 0 Å². The van der Waals surface area contributed by atoms with Crippen LogP contribution in [0.1, 0.15) is 60.1 Å². The number of benzene rings is 1. The highest BCUT2D eigenvalue weighted by Crippen LogP contribution is 2.38. The van der Waals surface area contributed by atoms with E-state index in [1.807, 2.05) is 24.0 Å². The Kier molecular flexibility index (Phi) is 7.02. The molecule has 2 aliphatic rings. The van der Waals surface area contributed by atoms with E-state index in [1.54, 1.807) is 6.20 Å². The molecule has 1 saturated heterocycles. The zero-order valence-corrected chi connectivity index (χ0v) is 18.8. The summed E-state index contributed by atoms with van der Waals surface area (Å²) in [5.41, 5.74) is 2.05. The summed E-state index contributed by atoms with van der Waals surface area (Å²) < 4.78 is 5.95. The van der Waals surface area contributed by atoms with Crippen LogP contribution in [0, 0.1) is 12.3 Å². The number of nitrogens with zero attached hydrogens (tertiary/aromatic N) is 3. The standard InChI is InChI=1S/C25H32N4O3/c1-19-21(17-26-18-28-19)23(30)29-14-11-25(12-15-29)10-6-2-3-7-20-8-4-5-9-22(20)32-16-13-27-24(25)31/h4-5,8-9,17-18H,2-3,6-7,10-16H2,1H3,(H,27,31). The Balaban J connectivity index is 1.41. The molecule has 0 aliphatic carbocycles. The Bertz CT molecular complexity index is 954. The molecule has 7 nitrogen and oxygen atoms in total. The second-order valence-electron chi connectivity index (χ2n) is 8.87. The minimum atomic E-state index is -0.417. The molecule has 0 saturated carbocycles. The fourth-order valence-electron chi connectivity index (χ4n) is 4.82. The van der Waals surface area contributed by atoms with E-state index in [0.29, 0.717) is 50.3 Å². The highest BCUT2D eigenvalue weighted by molar-refractivity contribution is 5.95. The second-order valence-corrected chi connectivity index (χ2v) is 8.87. The Morgan fingerprint density at radius 2 is 1.94 bits per heavy atom. The average Bonchev–Trinajstić information content (AvgIpc) is 2.83. The molecule has 2 aromatic rings. The zero-order valence-electron chi connectivity index (χ0n) is 18.8. The van der Waals surface area contributed by atoms with E-state index in [9.17, 15) is 9.59 Å². The number of carbonyl (C=O) groups excluding carboxylic acids is 2. The molecule has 7 heteroatoms. The number of para-hydroxylation sites is 1. The number of likely N-dealkylation sites (tertiary alicyclic amines) is 1. The molecule has 1 N–H and O–H groups in total. The van der Waals surface area contributed by atoms with Gasteiger partial charge in [0, 0.05) is 19.3 Å². The van der Waals surface area contributed by atoms with Crippen LogP contribution >= 0.6 is 0 Å². The normalized spacial score (nSPS) is 19.5. The van der Waals surface area contributed by atoms with Crippen LogP contribution in [0.25, 0.3) is 0 Å². The molecule has 2 amide bonds. The molecule has 4 rings (SSSR count). The molecule has 1 aromatic heterocycles. The van der Waals surface area contributed by atoms with Gasteiger partial charge in [-0.2, -0.15) is 0 Å². The summed E-state index contributed by atoms with van der Waals surface area (Å²) in [6, 6.07) is 8.17. The van der Waals surface area contributed by atoms with Crippen molar-refractivity contribution >= 4 is 11.8 Å². The number of piperidine rings is 1. The first-order chi connectivity index (χ1) is 15.6. The van der Waals surface area contributed by atoms with Crippen LogP contribution in [0.2, 0.25) is 0 Å². The molecular weight excluding hydrogens is 404 g/mol. The third kappa shape index (κ3) is 4.92. The lowest BCUT2D eigenvalue weighted by atomic mass is 9.73. The van der Waals surface area contributed by atoms with E-state index in [4.69, 9.17) is 4.74 Å². The molecule has 0 radical (unpaired) electrons. The first-order valence-corrected chi connectivity index (χ1v) is 11.6. The monoisotopic (exact) mass is 436 g/mol. The zero-order chi connectivity index (χ0) is 22.4. The van der Waals surface area contributed by atoms with Gasteiger partial charge in [-0.15, -0.1) is 0 Å². The molecule has 0 bridgehead atoms. The van der Waals surface area contributed by atoms with E-state index >= 15 is 0 Å². The SMILES string of the molecule is Cc1ncncc1C(=O)N1CCC2(CCCCCc3ccccc3OCCNC2=O)CC1. The number of carbonyl (C=O) groups is 2. The summed E-state index contributed by atoms with van der Waals surface area (Å²) >= 11 is 0. The van der Waals surface area contributed by atoms with E-state index in [1.165, 1.54) is 11.9 Å². The van der Waals surface area contributed by atoms with Gasteiger partial charge in [0.05, 0.1) is 23.2 Å². The van der Waals surface area contributed by atoms with Gasteiger partial charge in [-0.25, -0.2) is 9.97 Å². The maximum Gasteiger partial charge on any atom is 0.257 e. The maximum atomic E-state index is 13.2. The number of aromatic nitrogens is 2. The number of rotatable bonds is 1. The molecule has 170 valence electrons. The molecule has 2 aliphatic heterocycles. The number of fused-ring (bicyclic) bond motifs is 1. The first-order valence-electron chi connectivity index (χ1n) is 11.6. The highest BCUT2D eigenvalue weighted by atomic mass is 16.5. The van der Waals surface area contributed by atoms with Crippen LogP contribution < -0.4 is 10.1 Å². The predicted molar refractivity (Wildman–Crippen MR) is 121 cm³/mol. The van der Waals surface area contributed by atoms with E-state index in [-0.39, 0.29) is 11.8 Å². The molecule has 0 atom stereocenters. The van der Waals surface area contributed by atoms with Crippen LogP contribution in [0.15, 0.2) is 36.8 Å². The highest BCUT2D eigenvalue weighted by Gasteiger charge is 2.41. The Morgan fingerprint density at radius 3 is 2.75 bits per heavy atom. The number of amides is 2. The van der Waals surface area contributed by atoms with Crippen LogP contribution in [0.3, 0.4) is 0 Å². The van der Waals surface area contributed by atoms with Crippen molar-refractivity contribution in [3.63, 3.8) is 0 Å². The van der Waals surface area contributed by atoms with Gasteiger partial charge in [0.2, 0.25) is 5.91 Å². The van der Waals surface area contributed by atoms with Crippen LogP contribution in [0.4, 0.5) is 0 Å². The number of aryl methyl sites for hydroxylation is 2. The minimum absolute atomic E-state index is 0.0471. The van der Waals surface area contributed by atoms with Gasteiger partial charge in [-0.05, 0) is 50.7 Å². The van der Waals surface area contributed by atoms with Crippen molar-refractivity contribution in [1.82, 2.24) is 20.2 Å². The molecule has 1 spiro atoms. The first kappa shape index (κ1) is 22.2. The van der Waals surface area contributed by atoms with Gasteiger partial charge in [0.25, 0.3) is 5.91 Å². The molecule has 32 heavy (non-hydrogen) atoms. The van der Waals surface area contributed by atoms with Crippen molar-refractivity contribution < 1.29 is 14.3 Å². The van der Waals surface area contributed by atoms with Gasteiger partial charge >= 0.3 is 0 Å². The lowest BCUT2D eigenvalue weighted by Gasteiger charge is -2.41. The smallest absolute Gasteiger partial charge is 0.257 e. The Hall–Kier alpha value is -2.96. The third-order valence-electron chi connectivity index (χ3n) is 6.85. The predicted octanol–water partition coefficient (Wildman–Crippen LogP) is 3.32. The molecule has 3 heterocycles. The minimum Gasteiger partial charge on any atom is -0.491 e. The summed E-state index contributed by atoms with van der Waals surface area (Å²) in [5.74, 6) is 0.969. The van der Waals surface area contributed by atoms with E-state index < -0.39 is 5.41 Å². The second kappa shape index (κ2) is 10.1. The summed E-state index contributed by atoms with van der Waals surface area (Å²) in [6.45, 7) is 3.91. The van der Waals surface area contributed by atoms with Gasteiger partial charge in [-0.3, -0.25) is 9.59 Å². The lowest BCUT2D eigenvalue weighted by molar-refractivity contribution is -0.134. The Labute approximate surface area is 189 Å². The molecule has 0 unspecified atom stereocenters. The van der Waals surface area contributed by atoms with Crippen LogP contribution in [-0.2, 0) is 11.2 Å². The van der Waals surface area contributed by atoms with E-state index in [0.717, 1.165) is 37.9 Å². The summed E-state index contributed by atoms with van der Waals surface area (Å²) in [7, 11) is 0. The average molecular weight is 437 g/mol. The Morgan fingerprint density at radius 1 is 1.12 bits per heavy atom. The van der Waals surface area contributed by atoms with Gasteiger partial charge < -0.3 is 15.0 Å². The quantitative estimate of drug-likeness (QED) is 0.741. The fourth-order valence-corrected chi connectivity index (χ4v) is 4.82. The third-order valence-corrected chi connectivity index (χ3v) is 6.85. The van der Waals surface area contributed by atoms with Crippen molar-refractivity contribution in [2.24, 2.45) is 5.41 Å². The van der Waals surface area contributed by atoms with Crippen molar-refractivity contribution in [1.29, 1.82) is 0 Å². The number of hydrogen-bond acceptors (Lipinski definition) is 5. The summed E-state index contributed by atoms with van der Waals surface area (Å²) in [6.07, 6.45) is 9.41.